The minimum atomic E-state index is -4.42. The molecular formula is C15H17F3N2O. The van der Waals surface area contributed by atoms with Crippen LogP contribution in [0.15, 0.2) is 18.2 Å². The SMILES string of the molecule is CC1(NCN2Cc3c(cccc3C(F)(F)F)C2=O)CCC1. The van der Waals surface area contributed by atoms with Gasteiger partial charge in [-0.1, -0.05) is 6.07 Å². The van der Waals surface area contributed by atoms with E-state index in [1.807, 2.05) is 0 Å². The number of nitrogens with zero attached hydrogens (tertiary/aromatic N) is 1. The molecule has 1 saturated carbocycles. The van der Waals surface area contributed by atoms with Crippen LogP contribution >= 0.6 is 0 Å². The van der Waals surface area contributed by atoms with Crippen LogP contribution in [-0.2, 0) is 12.7 Å². The number of hydrogen-bond acceptors (Lipinski definition) is 2. The van der Waals surface area contributed by atoms with Crippen LogP contribution in [0, 0.1) is 0 Å². The summed E-state index contributed by atoms with van der Waals surface area (Å²) in [5.74, 6) is -0.327. The zero-order valence-electron chi connectivity index (χ0n) is 11.8. The molecule has 2 aliphatic rings. The van der Waals surface area contributed by atoms with E-state index in [0.29, 0.717) is 6.67 Å². The molecule has 0 aromatic heterocycles. The molecule has 1 fully saturated rings. The van der Waals surface area contributed by atoms with E-state index in [0.717, 1.165) is 25.3 Å². The quantitative estimate of drug-likeness (QED) is 0.929. The molecule has 1 aromatic carbocycles. The second-order valence-electron chi connectivity index (χ2n) is 6.08. The monoisotopic (exact) mass is 298 g/mol. The van der Waals surface area contributed by atoms with Crippen molar-refractivity contribution in [1.82, 2.24) is 10.2 Å². The number of nitrogens with one attached hydrogen (secondary N) is 1. The van der Waals surface area contributed by atoms with E-state index in [1.54, 1.807) is 0 Å². The summed E-state index contributed by atoms with van der Waals surface area (Å²) in [5, 5.41) is 3.28. The van der Waals surface area contributed by atoms with E-state index in [2.05, 4.69) is 12.2 Å². The van der Waals surface area contributed by atoms with Crippen LogP contribution in [0.4, 0.5) is 13.2 Å². The van der Waals surface area contributed by atoms with Gasteiger partial charge in [-0.15, -0.1) is 0 Å². The molecule has 3 nitrogen and oxygen atoms in total. The Labute approximate surface area is 121 Å². The summed E-state index contributed by atoms with van der Waals surface area (Å²) >= 11 is 0. The van der Waals surface area contributed by atoms with Crippen molar-refractivity contribution in [2.24, 2.45) is 0 Å². The fourth-order valence-corrected chi connectivity index (χ4v) is 2.95. The highest BCUT2D eigenvalue weighted by Crippen LogP contribution is 2.37. The lowest BCUT2D eigenvalue weighted by Crippen LogP contribution is -2.52. The van der Waals surface area contributed by atoms with Gasteiger partial charge in [0, 0.05) is 17.6 Å². The summed E-state index contributed by atoms with van der Waals surface area (Å²) in [4.78, 5) is 13.7. The molecule has 1 amide bonds. The van der Waals surface area contributed by atoms with Gasteiger partial charge in [0.05, 0.1) is 12.2 Å². The summed E-state index contributed by atoms with van der Waals surface area (Å²) < 4.78 is 39.0. The second kappa shape index (κ2) is 4.73. The molecule has 0 unspecified atom stereocenters. The number of amides is 1. The highest BCUT2D eigenvalue weighted by Gasteiger charge is 2.40. The standard InChI is InChI=1S/C15H17F3N2O/c1-14(6-3-7-14)19-9-20-8-11-10(13(20)21)4-2-5-12(11)15(16,17)18/h2,4-5,19H,3,6-9H2,1H3. The molecule has 0 saturated heterocycles. The van der Waals surface area contributed by atoms with Crippen molar-refractivity contribution in [2.75, 3.05) is 6.67 Å². The van der Waals surface area contributed by atoms with Crippen molar-refractivity contribution in [2.45, 2.75) is 44.4 Å². The lowest BCUT2D eigenvalue weighted by molar-refractivity contribution is -0.138. The van der Waals surface area contributed by atoms with Gasteiger partial charge in [0.2, 0.25) is 0 Å². The molecule has 1 heterocycles. The number of carbonyl (C=O) groups excluding carboxylic acids is 1. The van der Waals surface area contributed by atoms with Gasteiger partial charge in [0.25, 0.3) is 5.91 Å². The first-order valence-electron chi connectivity index (χ1n) is 7.04. The molecule has 114 valence electrons. The third kappa shape index (κ3) is 2.52. The molecule has 0 spiro atoms. The van der Waals surface area contributed by atoms with Gasteiger partial charge < -0.3 is 4.90 Å². The molecule has 0 radical (unpaired) electrons. The number of alkyl halides is 3. The van der Waals surface area contributed by atoms with Crippen LogP contribution in [0.5, 0.6) is 0 Å². The first kappa shape index (κ1) is 14.4. The predicted molar refractivity (Wildman–Crippen MR) is 71.6 cm³/mol. The van der Waals surface area contributed by atoms with Crippen molar-refractivity contribution in [1.29, 1.82) is 0 Å². The second-order valence-corrected chi connectivity index (χ2v) is 6.08. The maximum absolute atomic E-state index is 13.0. The van der Waals surface area contributed by atoms with Gasteiger partial charge in [-0.3, -0.25) is 10.1 Å². The Morgan fingerprint density at radius 2 is 2.05 bits per heavy atom. The molecule has 0 atom stereocenters. The average Bonchev–Trinajstić information content (AvgIpc) is 2.70. The summed E-state index contributed by atoms with van der Waals surface area (Å²) in [7, 11) is 0. The van der Waals surface area contributed by atoms with Gasteiger partial charge in [-0.25, -0.2) is 0 Å². The highest BCUT2D eigenvalue weighted by molar-refractivity contribution is 5.98. The minimum Gasteiger partial charge on any atom is -0.321 e. The number of rotatable bonds is 3. The molecular weight excluding hydrogens is 281 g/mol. The van der Waals surface area contributed by atoms with Crippen LogP contribution in [0.3, 0.4) is 0 Å². The number of halogens is 3. The molecule has 1 aromatic rings. The van der Waals surface area contributed by atoms with E-state index in [-0.39, 0.29) is 29.1 Å². The van der Waals surface area contributed by atoms with Gasteiger partial charge in [0.15, 0.2) is 0 Å². The Balaban J connectivity index is 1.78. The lowest BCUT2D eigenvalue weighted by Gasteiger charge is -2.40. The zero-order chi connectivity index (χ0) is 15.3. The largest absolute Gasteiger partial charge is 0.416 e. The normalized spacial score (nSPS) is 20.4. The van der Waals surface area contributed by atoms with Gasteiger partial charge in [-0.2, -0.15) is 13.2 Å². The van der Waals surface area contributed by atoms with E-state index >= 15 is 0 Å². The van der Waals surface area contributed by atoms with Gasteiger partial charge in [-0.05, 0) is 43.9 Å². The molecule has 3 rings (SSSR count). The Bertz CT molecular complexity index is 579. The fraction of sp³-hybridized carbons (Fsp3) is 0.533. The Morgan fingerprint density at radius 3 is 2.62 bits per heavy atom. The van der Waals surface area contributed by atoms with Crippen molar-refractivity contribution < 1.29 is 18.0 Å². The van der Waals surface area contributed by atoms with Crippen LogP contribution in [0.25, 0.3) is 0 Å². The topological polar surface area (TPSA) is 32.3 Å². The third-order valence-electron chi connectivity index (χ3n) is 4.50. The smallest absolute Gasteiger partial charge is 0.321 e. The summed E-state index contributed by atoms with van der Waals surface area (Å²) in [6, 6.07) is 3.80. The third-order valence-corrected chi connectivity index (χ3v) is 4.50. The van der Waals surface area contributed by atoms with Crippen LogP contribution in [-0.4, -0.2) is 23.0 Å². The molecule has 1 aliphatic heterocycles. The van der Waals surface area contributed by atoms with Crippen LogP contribution < -0.4 is 5.32 Å². The molecule has 1 N–H and O–H groups in total. The maximum atomic E-state index is 13.0. The first-order chi connectivity index (χ1) is 9.80. The Morgan fingerprint density at radius 1 is 1.33 bits per heavy atom. The van der Waals surface area contributed by atoms with E-state index in [9.17, 15) is 18.0 Å². The van der Waals surface area contributed by atoms with Crippen molar-refractivity contribution in [3.63, 3.8) is 0 Å². The van der Waals surface area contributed by atoms with Crippen molar-refractivity contribution >= 4 is 5.91 Å². The van der Waals surface area contributed by atoms with Crippen LogP contribution in [0.1, 0.15) is 47.7 Å². The Hall–Kier alpha value is -1.56. The van der Waals surface area contributed by atoms with Gasteiger partial charge >= 0.3 is 6.18 Å². The summed E-state index contributed by atoms with van der Waals surface area (Å²) in [5.41, 5.74) is -0.422. The summed E-state index contributed by atoms with van der Waals surface area (Å²) in [6.07, 6.45) is -1.20. The predicted octanol–water partition coefficient (Wildman–Crippen LogP) is 3.15. The lowest BCUT2D eigenvalue weighted by atomic mass is 9.79. The molecule has 6 heteroatoms. The molecule has 21 heavy (non-hydrogen) atoms. The van der Waals surface area contributed by atoms with Crippen LogP contribution in [0.2, 0.25) is 0 Å². The first-order valence-corrected chi connectivity index (χ1v) is 7.04. The molecule has 1 aliphatic carbocycles. The van der Waals surface area contributed by atoms with E-state index in [1.165, 1.54) is 17.0 Å². The maximum Gasteiger partial charge on any atom is 0.416 e. The zero-order valence-corrected chi connectivity index (χ0v) is 11.8. The highest BCUT2D eigenvalue weighted by atomic mass is 19.4. The number of benzene rings is 1. The number of fused-ring (bicyclic) bond motifs is 1. The van der Waals surface area contributed by atoms with E-state index in [4.69, 9.17) is 0 Å². The molecule has 0 bridgehead atoms. The summed E-state index contributed by atoms with van der Waals surface area (Å²) in [6.45, 7) is 2.39. The average molecular weight is 298 g/mol. The minimum absolute atomic E-state index is 0.0158. The van der Waals surface area contributed by atoms with Crippen molar-refractivity contribution in [3.05, 3.63) is 34.9 Å². The van der Waals surface area contributed by atoms with Gasteiger partial charge in [0.1, 0.15) is 0 Å². The van der Waals surface area contributed by atoms with E-state index < -0.39 is 11.7 Å². The Kier molecular flexibility index (Phi) is 3.24. The number of hydrogen-bond donors (Lipinski definition) is 1. The fourth-order valence-electron chi connectivity index (χ4n) is 2.95. The number of carbonyl (C=O) groups is 1. The van der Waals surface area contributed by atoms with Crippen molar-refractivity contribution in [3.8, 4) is 0 Å².